The third kappa shape index (κ3) is 7.50. The number of hydrogen-bond acceptors (Lipinski definition) is 8. The van der Waals surface area contributed by atoms with E-state index in [9.17, 15) is 8.42 Å². The molecule has 0 aliphatic carbocycles. The zero-order chi connectivity index (χ0) is 25.5. The van der Waals surface area contributed by atoms with Crippen LogP contribution >= 0.6 is 11.3 Å². The number of nitrogens with zero attached hydrogens (tertiary/aromatic N) is 2. The normalized spacial score (nSPS) is 14.8. The number of thiazole rings is 1. The summed E-state index contributed by atoms with van der Waals surface area (Å²) < 4.78 is 40.9. The lowest BCUT2D eigenvalue weighted by Crippen LogP contribution is -2.37. The number of primary sulfonamides is 1. The van der Waals surface area contributed by atoms with Gasteiger partial charge in [0.25, 0.3) is 0 Å². The summed E-state index contributed by atoms with van der Waals surface area (Å²) in [6.07, 6.45) is 1.38. The number of sulfonamides is 1. The van der Waals surface area contributed by atoms with Crippen molar-refractivity contribution in [2.45, 2.75) is 37.7 Å². The molecule has 0 radical (unpaired) electrons. The first kappa shape index (κ1) is 26.6. The van der Waals surface area contributed by atoms with E-state index >= 15 is 0 Å². The maximum absolute atomic E-state index is 11.9. The lowest BCUT2D eigenvalue weighted by molar-refractivity contribution is 0.0358. The second-order valence-electron chi connectivity index (χ2n) is 8.96. The molecule has 0 amide bonds. The van der Waals surface area contributed by atoms with Gasteiger partial charge in [0.05, 0.1) is 41.5 Å². The molecule has 0 atom stereocenters. The quantitative estimate of drug-likeness (QED) is 0.374. The van der Waals surface area contributed by atoms with E-state index < -0.39 is 10.0 Å². The molecule has 36 heavy (non-hydrogen) atoms. The maximum Gasteiger partial charge on any atom is 0.238 e. The topological polar surface area (TPSA) is 104 Å². The van der Waals surface area contributed by atoms with Crippen molar-refractivity contribution >= 4 is 21.4 Å². The number of benzene rings is 2. The largest absolute Gasteiger partial charge is 0.494 e. The van der Waals surface area contributed by atoms with Gasteiger partial charge in [-0.3, -0.25) is 4.90 Å². The lowest BCUT2D eigenvalue weighted by atomic mass is 10.1. The maximum atomic E-state index is 11.9. The smallest absolute Gasteiger partial charge is 0.238 e. The molecule has 3 aromatic rings. The zero-order valence-electron chi connectivity index (χ0n) is 20.7. The molecule has 10 heteroatoms. The predicted octanol–water partition coefficient (Wildman–Crippen LogP) is 3.94. The van der Waals surface area contributed by atoms with Crippen LogP contribution in [0.3, 0.4) is 0 Å². The van der Waals surface area contributed by atoms with Crippen LogP contribution in [0.15, 0.2) is 52.7 Å². The van der Waals surface area contributed by atoms with Gasteiger partial charge in [-0.15, -0.1) is 11.3 Å². The summed E-state index contributed by atoms with van der Waals surface area (Å²) in [6.45, 7) is 9.17. The van der Waals surface area contributed by atoms with E-state index in [1.54, 1.807) is 12.1 Å². The number of rotatable bonds is 11. The summed E-state index contributed by atoms with van der Waals surface area (Å²) in [4.78, 5) is 7.23. The molecule has 1 saturated heterocycles. The average molecular weight is 532 g/mol. The zero-order valence-corrected chi connectivity index (χ0v) is 22.3. The molecule has 0 bridgehead atoms. The molecule has 4 rings (SSSR count). The van der Waals surface area contributed by atoms with Crippen molar-refractivity contribution in [3.8, 4) is 22.8 Å². The van der Waals surface area contributed by atoms with Gasteiger partial charge in [-0.05, 0) is 62.7 Å². The summed E-state index contributed by atoms with van der Waals surface area (Å²) in [5, 5.41) is 8.19. The Kier molecular flexibility index (Phi) is 8.97. The van der Waals surface area contributed by atoms with E-state index in [4.69, 9.17) is 24.3 Å². The van der Waals surface area contributed by atoms with Crippen molar-refractivity contribution in [3.63, 3.8) is 0 Å². The summed E-state index contributed by atoms with van der Waals surface area (Å²) >= 11 is 1.52. The minimum absolute atomic E-state index is 0.0453. The number of nitrogens with two attached hydrogens (primary N) is 1. The fourth-order valence-electron chi connectivity index (χ4n) is 3.95. The van der Waals surface area contributed by atoms with E-state index in [1.807, 2.05) is 43.5 Å². The molecule has 2 aromatic carbocycles. The van der Waals surface area contributed by atoms with E-state index in [0.29, 0.717) is 18.8 Å². The van der Waals surface area contributed by atoms with Gasteiger partial charge in [-0.2, -0.15) is 0 Å². The number of ether oxygens (including phenoxy) is 3. The van der Waals surface area contributed by atoms with Crippen LogP contribution in [0.4, 0.5) is 0 Å². The number of hydrogen-bond donors (Lipinski definition) is 1. The molecule has 8 nitrogen and oxygen atoms in total. The third-order valence-corrected chi connectivity index (χ3v) is 7.52. The van der Waals surface area contributed by atoms with Crippen molar-refractivity contribution in [1.29, 1.82) is 0 Å². The highest BCUT2D eigenvalue weighted by Gasteiger charge is 2.16. The Morgan fingerprint density at radius 3 is 2.58 bits per heavy atom. The molecule has 2 heterocycles. The van der Waals surface area contributed by atoms with Crippen molar-refractivity contribution in [2.75, 3.05) is 39.5 Å². The molecule has 0 unspecified atom stereocenters. The minimum atomic E-state index is -3.81. The summed E-state index contributed by atoms with van der Waals surface area (Å²) in [5.41, 5.74) is 2.59. The van der Waals surface area contributed by atoms with Gasteiger partial charge in [0.2, 0.25) is 10.0 Å². The summed E-state index contributed by atoms with van der Waals surface area (Å²) in [5.74, 6) is 1.47. The number of morpholine rings is 1. The Morgan fingerprint density at radius 1 is 1.14 bits per heavy atom. The van der Waals surface area contributed by atoms with E-state index in [1.165, 1.54) is 17.4 Å². The van der Waals surface area contributed by atoms with E-state index in [0.717, 1.165) is 66.8 Å². The van der Waals surface area contributed by atoms with Crippen LogP contribution in [0.2, 0.25) is 0 Å². The standard InChI is InChI=1S/C26H33N3O5S2/c1-19(2)34-25-9-8-23(36(27,30)31)16-21(25)17-26-28-24(18-35-26)20-4-6-22(7-5-20)33-13-3-10-29-11-14-32-15-12-29/h4-9,16,18-19H,3,10-15,17H2,1-2H3,(H2,27,30,31). The molecule has 0 saturated carbocycles. The molecule has 1 fully saturated rings. The molecular formula is C26H33N3O5S2. The van der Waals surface area contributed by atoms with Gasteiger partial charge in [0.1, 0.15) is 11.5 Å². The molecule has 194 valence electrons. The van der Waals surface area contributed by atoms with Gasteiger partial charge < -0.3 is 14.2 Å². The summed E-state index contributed by atoms with van der Waals surface area (Å²) in [6, 6.07) is 12.6. The van der Waals surface area contributed by atoms with Crippen LogP contribution in [0.5, 0.6) is 11.5 Å². The van der Waals surface area contributed by atoms with Crippen LogP contribution in [0.25, 0.3) is 11.3 Å². The molecular weight excluding hydrogens is 498 g/mol. The van der Waals surface area contributed by atoms with Gasteiger partial charge in [0, 0.05) is 42.6 Å². The highest BCUT2D eigenvalue weighted by molar-refractivity contribution is 7.89. The van der Waals surface area contributed by atoms with Crippen LogP contribution < -0.4 is 14.6 Å². The fraction of sp³-hybridized carbons (Fsp3) is 0.423. The van der Waals surface area contributed by atoms with Crippen molar-refractivity contribution < 1.29 is 22.6 Å². The lowest BCUT2D eigenvalue weighted by Gasteiger charge is -2.26. The van der Waals surface area contributed by atoms with Crippen molar-refractivity contribution in [2.24, 2.45) is 5.14 Å². The predicted molar refractivity (Wildman–Crippen MR) is 141 cm³/mol. The fourth-order valence-corrected chi connectivity index (χ4v) is 5.34. The Labute approximate surface area is 217 Å². The molecule has 0 spiro atoms. The Balaban J connectivity index is 1.37. The second-order valence-corrected chi connectivity index (χ2v) is 11.5. The summed E-state index contributed by atoms with van der Waals surface area (Å²) in [7, 11) is -3.81. The molecule has 1 aliphatic rings. The van der Waals surface area contributed by atoms with E-state index in [-0.39, 0.29) is 11.0 Å². The van der Waals surface area contributed by atoms with Gasteiger partial charge in [-0.25, -0.2) is 18.5 Å². The number of aromatic nitrogens is 1. The van der Waals surface area contributed by atoms with Gasteiger partial charge in [0.15, 0.2) is 0 Å². The minimum Gasteiger partial charge on any atom is -0.494 e. The highest BCUT2D eigenvalue weighted by Crippen LogP contribution is 2.29. The third-order valence-electron chi connectivity index (χ3n) is 5.76. The molecule has 1 aromatic heterocycles. The Hall–Kier alpha value is -2.50. The van der Waals surface area contributed by atoms with Crippen LogP contribution in [-0.2, 0) is 21.2 Å². The SMILES string of the molecule is CC(C)Oc1ccc(S(N)(=O)=O)cc1Cc1nc(-c2ccc(OCCCN3CCOCC3)cc2)cs1. The van der Waals surface area contributed by atoms with Gasteiger partial charge >= 0.3 is 0 Å². The molecule has 1 aliphatic heterocycles. The first-order valence-corrected chi connectivity index (χ1v) is 14.5. The monoisotopic (exact) mass is 531 g/mol. The van der Waals surface area contributed by atoms with Crippen molar-refractivity contribution in [3.05, 3.63) is 58.4 Å². The van der Waals surface area contributed by atoms with Crippen molar-refractivity contribution in [1.82, 2.24) is 9.88 Å². The Morgan fingerprint density at radius 2 is 1.89 bits per heavy atom. The van der Waals surface area contributed by atoms with Crippen LogP contribution in [-0.4, -0.2) is 63.9 Å². The van der Waals surface area contributed by atoms with Crippen LogP contribution in [0.1, 0.15) is 30.8 Å². The first-order valence-electron chi connectivity index (χ1n) is 12.1. The van der Waals surface area contributed by atoms with Gasteiger partial charge in [-0.1, -0.05) is 0 Å². The molecule has 2 N–H and O–H groups in total. The second kappa shape index (κ2) is 12.2. The highest BCUT2D eigenvalue weighted by atomic mass is 32.2. The Bertz CT molecular complexity index is 1240. The average Bonchev–Trinajstić information content (AvgIpc) is 3.31. The van der Waals surface area contributed by atoms with Crippen LogP contribution in [0, 0.1) is 0 Å². The van der Waals surface area contributed by atoms with E-state index in [2.05, 4.69) is 4.90 Å². The first-order chi connectivity index (χ1) is 17.3.